The predicted octanol–water partition coefficient (Wildman–Crippen LogP) is 3.45. The summed E-state index contributed by atoms with van der Waals surface area (Å²) >= 11 is 0. The lowest BCUT2D eigenvalue weighted by Crippen LogP contribution is -2.44. The van der Waals surface area contributed by atoms with Crippen LogP contribution in [0.15, 0.2) is 43.0 Å². The lowest BCUT2D eigenvalue weighted by Gasteiger charge is -2.33. The highest BCUT2D eigenvalue weighted by atomic mass is 16.1. The zero-order chi connectivity index (χ0) is 25.6. The molecule has 1 saturated heterocycles. The summed E-state index contributed by atoms with van der Waals surface area (Å²) in [6.45, 7) is 3.82. The van der Waals surface area contributed by atoms with Crippen molar-refractivity contribution < 1.29 is 4.79 Å². The number of anilines is 2. The van der Waals surface area contributed by atoms with E-state index < -0.39 is 0 Å². The smallest absolute Gasteiger partial charge is 0.227 e. The maximum Gasteiger partial charge on any atom is 0.227 e. The van der Waals surface area contributed by atoms with Gasteiger partial charge in [0.15, 0.2) is 17.3 Å². The van der Waals surface area contributed by atoms with Gasteiger partial charge in [-0.2, -0.15) is 5.10 Å². The van der Waals surface area contributed by atoms with E-state index in [0.29, 0.717) is 22.9 Å². The molecule has 5 aromatic heterocycles. The third kappa shape index (κ3) is 4.04. The van der Waals surface area contributed by atoms with Crippen LogP contribution < -0.4 is 10.2 Å². The molecule has 3 N–H and O–H groups in total. The number of pyridine rings is 3. The van der Waals surface area contributed by atoms with Crippen LogP contribution in [0.1, 0.15) is 19.3 Å². The fourth-order valence-corrected chi connectivity index (χ4v) is 5.11. The van der Waals surface area contributed by atoms with Crippen LogP contribution in [0.4, 0.5) is 11.5 Å². The van der Waals surface area contributed by atoms with Gasteiger partial charge < -0.3 is 20.1 Å². The number of likely N-dealkylation sites (N-methyl/N-ethyl adjacent to an activating group) is 1. The van der Waals surface area contributed by atoms with E-state index in [0.717, 1.165) is 78.8 Å². The standard InChI is InChI=1S/C27H28N10O/c1-36-7-9-37(10-8-36)26-23-21(5-6-29-26)32-25(33-23)22-20-12-18(14-30-24(20)35-34-22)17-11-19(15-28-13-17)31-27(38)16-3-2-4-16/h5-6,11-16H,2-4,7-10H2,1H3,(H,31,38)(H,32,33)(H,30,34,35). The molecule has 1 aliphatic heterocycles. The summed E-state index contributed by atoms with van der Waals surface area (Å²) in [5, 5.41) is 11.4. The zero-order valence-corrected chi connectivity index (χ0v) is 21.1. The molecule has 5 aromatic rings. The fourth-order valence-electron chi connectivity index (χ4n) is 5.11. The Morgan fingerprint density at radius 1 is 1.05 bits per heavy atom. The number of carbonyl (C=O) groups is 1. The Labute approximate surface area is 218 Å². The summed E-state index contributed by atoms with van der Waals surface area (Å²) in [4.78, 5) is 39.0. The van der Waals surface area contributed by atoms with Crippen LogP contribution in [0.2, 0.25) is 0 Å². The minimum Gasteiger partial charge on any atom is -0.352 e. The van der Waals surface area contributed by atoms with Gasteiger partial charge in [-0.15, -0.1) is 0 Å². The van der Waals surface area contributed by atoms with Crippen LogP contribution in [0.5, 0.6) is 0 Å². The van der Waals surface area contributed by atoms with Gasteiger partial charge in [-0.3, -0.25) is 14.9 Å². The Morgan fingerprint density at radius 3 is 2.71 bits per heavy atom. The third-order valence-electron chi connectivity index (χ3n) is 7.64. The van der Waals surface area contributed by atoms with Crippen molar-refractivity contribution in [1.29, 1.82) is 0 Å². The minimum absolute atomic E-state index is 0.0659. The Balaban J connectivity index is 1.22. The van der Waals surface area contributed by atoms with Crippen molar-refractivity contribution in [2.75, 3.05) is 43.4 Å². The second-order valence-electron chi connectivity index (χ2n) is 10.2. The van der Waals surface area contributed by atoms with Crippen molar-refractivity contribution in [3.8, 4) is 22.6 Å². The number of fused-ring (bicyclic) bond motifs is 2. The van der Waals surface area contributed by atoms with E-state index in [4.69, 9.17) is 4.98 Å². The molecule has 0 atom stereocenters. The first-order valence-corrected chi connectivity index (χ1v) is 13.0. The number of carbonyl (C=O) groups excluding carboxylic acids is 1. The van der Waals surface area contributed by atoms with Crippen LogP contribution >= 0.6 is 0 Å². The van der Waals surface area contributed by atoms with Crippen molar-refractivity contribution in [3.05, 3.63) is 43.0 Å². The number of rotatable bonds is 5. The highest BCUT2D eigenvalue weighted by Crippen LogP contribution is 2.32. The Morgan fingerprint density at radius 2 is 1.89 bits per heavy atom. The SMILES string of the molecule is CN1CCN(c2nccc3[nH]c(-c4n[nH]c5ncc(-c6cncc(NC(=O)C7CCC7)c6)cc45)nc23)CC1. The highest BCUT2D eigenvalue weighted by Gasteiger charge is 2.25. The van der Waals surface area contributed by atoms with Gasteiger partial charge in [0.25, 0.3) is 0 Å². The number of piperazine rings is 1. The van der Waals surface area contributed by atoms with E-state index in [1.54, 1.807) is 18.6 Å². The van der Waals surface area contributed by atoms with Gasteiger partial charge in [-0.25, -0.2) is 15.0 Å². The van der Waals surface area contributed by atoms with Crippen molar-refractivity contribution in [3.63, 3.8) is 0 Å². The van der Waals surface area contributed by atoms with Crippen LogP contribution in [-0.2, 0) is 4.79 Å². The largest absolute Gasteiger partial charge is 0.352 e. The van der Waals surface area contributed by atoms with Gasteiger partial charge in [0.05, 0.1) is 22.8 Å². The Hall–Kier alpha value is -4.38. The van der Waals surface area contributed by atoms with Gasteiger partial charge in [0.1, 0.15) is 11.2 Å². The fraction of sp³-hybridized carbons (Fsp3) is 0.333. The molecule has 6 heterocycles. The summed E-state index contributed by atoms with van der Waals surface area (Å²) in [5.74, 6) is 1.73. The molecule has 0 unspecified atom stereocenters. The summed E-state index contributed by atoms with van der Waals surface area (Å²) in [6, 6.07) is 5.91. The molecular weight excluding hydrogens is 480 g/mol. The van der Waals surface area contributed by atoms with E-state index in [2.05, 4.69) is 52.3 Å². The molecule has 2 fully saturated rings. The number of nitrogens with zero attached hydrogens (tertiary/aromatic N) is 7. The summed E-state index contributed by atoms with van der Waals surface area (Å²) in [7, 11) is 2.14. The number of hydrogen-bond donors (Lipinski definition) is 3. The third-order valence-corrected chi connectivity index (χ3v) is 7.64. The van der Waals surface area contributed by atoms with E-state index in [1.807, 2.05) is 24.4 Å². The van der Waals surface area contributed by atoms with Gasteiger partial charge in [-0.05, 0) is 38.1 Å². The molecule has 38 heavy (non-hydrogen) atoms. The number of imidazole rings is 1. The van der Waals surface area contributed by atoms with Gasteiger partial charge >= 0.3 is 0 Å². The van der Waals surface area contributed by atoms with Gasteiger partial charge in [0, 0.05) is 61.8 Å². The molecule has 1 amide bonds. The van der Waals surface area contributed by atoms with E-state index in [9.17, 15) is 4.79 Å². The predicted molar refractivity (Wildman–Crippen MR) is 146 cm³/mol. The maximum absolute atomic E-state index is 12.4. The maximum atomic E-state index is 12.4. The number of aromatic nitrogens is 7. The molecule has 2 aliphatic rings. The van der Waals surface area contributed by atoms with Gasteiger partial charge in [-0.1, -0.05) is 6.42 Å². The first-order valence-electron chi connectivity index (χ1n) is 13.0. The van der Waals surface area contributed by atoms with E-state index in [-0.39, 0.29) is 11.8 Å². The van der Waals surface area contributed by atoms with Crippen molar-refractivity contribution >= 4 is 39.5 Å². The van der Waals surface area contributed by atoms with Crippen LogP contribution in [0.3, 0.4) is 0 Å². The van der Waals surface area contributed by atoms with Crippen LogP contribution in [-0.4, -0.2) is 79.2 Å². The van der Waals surface area contributed by atoms with Crippen molar-refractivity contribution in [2.45, 2.75) is 19.3 Å². The molecule has 0 bridgehead atoms. The van der Waals surface area contributed by atoms with Crippen LogP contribution in [0.25, 0.3) is 44.7 Å². The molecule has 0 spiro atoms. The number of nitrogens with one attached hydrogen (secondary N) is 3. The average molecular weight is 509 g/mol. The van der Waals surface area contributed by atoms with E-state index in [1.165, 1.54) is 0 Å². The normalized spacial score (nSPS) is 16.7. The molecule has 7 rings (SSSR count). The highest BCUT2D eigenvalue weighted by molar-refractivity contribution is 5.96. The Kier molecular flexibility index (Phi) is 5.50. The topological polar surface area (TPSA) is 132 Å². The molecule has 0 radical (unpaired) electrons. The first-order chi connectivity index (χ1) is 18.6. The molecule has 1 aliphatic carbocycles. The van der Waals surface area contributed by atoms with Crippen molar-refractivity contribution in [1.82, 2.24) is 40.0 Å². The number of aromatic amines is 2. The number of hydrogen-bond acceptors (Lipinski definition) is 8. The molecule has 0 aromatic carbocycles. The molecule has 11 heteroatoms. The average Bonchev–Trinajstić information content (AvgIpc) is 3.52. The Bertz CT molecular complexity index is 1640. The quantitative estimate of drug-likeness (QED) is 0.329. The number of amides is 1. The summed E-state index contributed by atoms with van der Waals surface area (Å²) < 4.78 is 0. The molecule has 1 saturated carbocycles. The molecule has 11 nitrogen and oxygen atoms in total. The van der Waals surface area contributed by atoms with E-state index >= 15 is 0 Å². The lowest BCUT2D eigenvalue weighted by atomic mass is 9.85. The van der Waals surface area contributed by atoms with Gasteiger partial charge in [0.2, 0.25) is 5.91 Å². The second-order valence-corrected chi connectivity index (χ2v) is 10.2. The summed E-state index contributed by atoms with van der Waals surface area (Å²) in [6.07, 6.45) is 10.1. The second kappa shape index (κ2) is 9.18. The number of H-pyrrole nitrogens is 2. The molecule has 192 valence electrons. The zero-order valence-electron chi connectivity index (χ0n) is 21.1. The minimum atomic E-state index is 0.0659. The lowest BCUT2D eigenvalue weighted by molar-refractivity contribution is -0.122. The van der Waals surface area contributed by atoms with Crippen molar-refractivity contribution in [2.24, 2.45) is 5.92 Å². The molecular formula is C27H28N10O. The first kappa shape index (κ1) is 22.8. The summed E-state index contributed by atoms with van der Waals surface area (Å²) in [5.41, 5.74) is 5.55. The monoisotopic (exact) mass is 508 g/mol. The van der Waals surface area contributed by atoms with Crippen LogP contribution in [0, 0.1) is 5.92 Å².